The van der Waals surface area contributed by atoms with Gasteiger partial charge < -0.3 is 4.74 Å². The average Bonchev–Trinajstić information content (AvgIpc) is 2.79. The van der Waals surface area contributed by atoms with Gasteiger partial charge in [0.1, 0.15) is 0 Å². The lowest BCUT2D eigenvalue weighted by Gasteiger charge is -2.21. The second kappa shape index (κ2) is 12.8. The second-order valence-corrected chi connectivity index (χ2v) is 9.00. The quantitative estimate of drug-likeness (QED) is 0.318. The Morgan fingerprint density at radius 3 is 2.27 bits per heavy atom. The van der Waals surface area contributed by atoms with Crippen LogP contribution in [0.2, 0.25) is 0 Å². The first kappa shape index (κ1) is 22.8. The summed E-state index contributed by atoms with van der Waals surface area (Å²) in [5.74, 6) is 1.02. The molecule has 0 amide bonds. The van der Waals surface area contributed by atoms with Crippen LogP contribution in [0.25, 0.3) is 11.1 Å². The molecule has 1 saturated carbocycles. The van der Waals surface area contributed by atoms with Crippen LogP contribution in [-0.4, -0.2) is 6.61 Å². The molecule has 2 aromatic rings. The summed E-state index contributed by atoms with van der Waals surface area (Å²) in [7, 11) is 0. The lowest BCUT2D eigenvalue weighted by Crippen LogP contribution is -2.07. The highest BCUT2D eigenvalue weighted by Gasteiger charge is 2.13. The van der Waals surface area contributed by atoms with Crippen LogP contribution >= 0.6 is 0 Å². The molecule has 164 valence electrons. The van der Waals surface area contributed by atoms with Crippen LogP contribution in [0.5, 0.6) is 5.75 Å². The molecule has 1 aliphatic carbocycles. The molecule has 0 aromatic heterocycles. The number of hydrogen-bond acceptors (Lipinski definition) is 1. The van der Waals surface area contributed by atoms with E-state index >= 15 is 0 Å². The van der Waals surface area contributed by atoms with E-state index in [0.717, 1.165) is 36.3 Å². The number of aryl methyl sites for hydroxylation is 1. The SMILES string of the molecule is CCCCCCCCOc1ccc(-c2ccc(CCC3CCCCC3)cc2)cc1F. The van der Waals surface area contributed by atoms with E-state index in [1.807, 2.05) is 6.07 Å². The molecule has 1 aliphatic rings. The molecular weight excluding hydrogens is 371 g/mol. The zero-order valence-corrected chi connectivity index (χ0v) is 18.8. The van der Waals surface area contributed by atoms with Crippen LogP contribution in [0, 0.1) is 11.7 Å². The molecule has 0 unspecified atom stereocenters. The van der Waals surface area contributed by atoms with E-state index in [1.54, 1.807) is 12.1 Å². The van der Waals surface area contributed by atoms with Gasteiger partial charge in [0.15, 0.2) is 11.6 Å². The van der Waals surface area contributed by atoms with Crippen LogP contribution < -0.4 is 4.74 Å². The largest absolute Gasteiger partial charge is 0.491 e. The van der Waals surface area contributed by atoms with Crippen molar-refractivity contribution in [1.29, 1.82) is 0 Å². The first-order valence-electron chi connectivity index (χ1n) is 12.3. The normalized spacial score (nSPS) is 14.7. The van der Waals surface area contributed by atoms with E-state index in [4.69, 9.17) is 4.74 Å². The van der Waals surface area contributed by atoms with E-state index in [1.165, 1.54) is 69.8 Å². The predicted octanol–water partition coefficient (Wildman–Crippen LogP) is 8.74. The lowest BCUT2D eigenvalue weighted by atomic mass is 9.85. The zero-order chi connectivity index (χ0) is 21.0. The molecule has 0 radical (unpaired) electrons. The van der Waals surface area contributed by atoms with Crippen molar-refractivity contribution in [2.45, 2.75) is 90.4 Å². The van der Waals surface area contributed by atoms with Crippen molar-refractivity contribution < 1.29 is 9.13 Å². The van der Waals surface area contributed by atoms with Crippen LogP contribution in [0.4, 0.5) is 4.39 Å². The first-order chi connectivity index (χ1) is 14.8. The van der Waals surface area contributed by atoms with Crippen molar-refractivity contribution in [3.8, 4) is 16.9 Å². The van der Waals surface area contributed by atoms with Gasteiger partial charge in [-0.1, -0.05) is 101 Å². The third-order valence-electron chi connectivity index (χ3n) is 6.54. The molecule has 2 heteroatoms. The minimum absolute atomic E-state index is 0.264. The van der Waals surface area contributed by atoms with Gasteiger partial charge in [-0.2, -0.15) is 0 Å². The zero-order valence-electron chi connectivity index (χ0n) is 18.8. The standard InChI is InChI=1S/C28H39FO/c1-2-3-4-5-6-10-21-30-28-20-19-26(22-27(28)29)25-17-15-24(16-18-25)14-13-23-11-8-7-9-12-23/h15-20,22-23H,2-14,21H2,1H3. The van der Waals surface area contributed by atoms with Gasteiger partial charge in [-0.25, -0.2) is 4.39 Å². The Bertz CT molecular complexity index is 731. The van der Waals surface area contributed by atoms with E-state index in [9.17, 15) is 4.39 Å². The molecule has 0 atom stereocenters. The summed E-state index contributed by atoms with van der Waals surface area (Å²) in [6.07, 6.45) is 16.8. The fourth-order valence-electron chi connectivity index (χ4n) is 4.57. The number of hydrogen-bond donors (Lipinski definition) is 0. The third kappa shape index (κ3) is 7.45. The lowest BCUT2D eigenvalue weighted by molar-refractivity contribution is 0.290. The van der Waals surface area contributed by atoms with Gasteiger partial charge in [-0.05, 0) is 54.0 Å². The van der Waals surface area contributed by atoms with E-state index < -0.39 is 0 Å². The predicted molar refractivity (Wildman–Crippen MR) is 126 cm³/mol. The molecule has 0 saturated heterocycles. The van der Waals surface area contributed by atoms with Crippen molar-refractivity contribution in [3.05, 3.63) is 53.8 Å². The Morgan fingerprint density at radius 2 is 1.53 bits per heavy atom. The number of ether oxygens (including phenoxy) is 1. The minimum Gasteiger partial charge on any atom is -0.491 e. The fraction of sp³-hybridized carbons (Fsp3) is 0.571. The summed E-state index contributed by atoms with van der Waals surface area (Å²) in [5, 5.41) is 0. The molecule has 0 aliphatic heterocycles. The Balaban J connectivity index is 1.45. The Hall–Kier alpha value is -1.83. The summed E-state index contributed by atoms with van der Waals surface area (Å²) >= 11 is 0. The van der Waals surface area contributed by atoms with Gasteiger partial charge in [-0.3, -0.25) is 0 Å². The number of halogens is 1. The van der Waals surface area contributed by atoms with Gasteiger partial charge in [0.2, 0.25) is 0 Å². The first-order valence-corrected chi connectivity index (χ1v) is 12.3. The molecule has 0 bridgehead atoms. The van der Waals surface area contributed by atoms with Crippen LogP contribution in [0.15, 0.2) is 42.5 Å². The molecule has 0 spiro atoms. The van der Waals surface area contributed by atoms with Crippen molar-refractivity contribution in [3.63, 3.8) is 0 Å². The summed E-state index contributed by atoms with van der Waals surface area (Å²) in [4.78, 5) is 0. The highest BCUT2D eigenvalue weighted by molar-refractivity contribution is 5.64. The fourth-order valence-corrected chi connectivity index (χ4v) is 4.57. The minimum atomic E-state index is -0.264. The van der Waals surface area contributed by atoms with Crippen LogP contribution in [-0.2, 0) is 6.42 Å². The molecule has 0 heterocycles. The number of unbranched alkanes of at least 4 members (excludes halogenated alkanes) is 5. The smallest absolute Gasteiger partial charge is 0.165 e. The summed E-state index contributed by atoms with van der Waals surface area (Å²) in [5.41, 5.74) is 3.37. The van der Waals surface area contributed by atoms with Gasteiger partial charge in [-0.15, -0.1) is 0 Å². The van der Waals surface area contributed by atoms with Gasteiger partial charge >= 0.3 is 0 Å². The Kier molecular flexibility index (Phi) is 9.73. The Morgan fingerprint density at radius 1 is 0.833 bits per heavy atom. The van der Waals surface area contributed by atoms with Crippen LogP contribution in [0.3, 0.4) is 0 Å². The van der Waals surface area contributed by atoms with Crippen LogP contribution in [0.1, 0.15) is 89.5 Å². The number of rotatable bonds is 12. The van der Waals surface area contributed by atoms with Gasteiger partial charge in [0, 0.05) is 0 Å². The maximum absolute atomic E-state index is 14.5. The second-order valence-electron chi connectivity index (χ2n) is 9.00. The molecule has 0 N–H and O–H groups in total. The molecule has 1 nitrogen and oxygen atoms in total. The summed E-state index contributed by atoms with van der Waals surface area (Å²) < 4.78 is 20.2. The van der Waals surface area contributed by atoms with E-state index in [-0.39, 0.29) is 5.82 Å². The monoisotopic (exact) mass is 410 g/mol. The van der Waals surface area contributed by atoms with E-state index in [0.29, 0.717) is 12.4 Å². The van der Waals surface area contributed by atoms with Gasteiger partial charge in [0.05, 0.1) is 6.61 Å². The molecule has 3 rings (SSSR count). The maximum atomic E-state index is 14.5. The summed E-state index contributed by atoms with van der Waals surface area (Å²) in [6.45, 7) is 2.82. The van der Waals surface area contributed by atoms with Crippen molar-refractivity contribution in [1.82, 2.24) is 0 Å². The van der Waals surface area contributed by atoms with Crippen molar-refractivity contribution in [2.75, 3.05) is 6.61 Å². The number of benzene rings is 2. The topological polar surface area (TPSA) is 9.23 Å². The van der Waals surface area contributed by atoms with Gasteiger partial charge in [0.25, 0.3) is 0 Å². The highest BCUT2D eigenvalue weighted by Crippen LogP contribution is 2.29. The average molecular weight is 411 g/mol. The molecule has 2 aromatic carbocycles. The maximum Gasteiger partial charge on any atom is 0.165 e. The molecule has 30 heavy (non-hydrogen) atoms. The molecule has 1 fully saturated rings. The van der Waals surface area contributed by atoms with Crippen molar-refractivity contribution >= 4 is 0 Å². The molecular formula is C28H39FO. The highest BCUT2D eigenvalue weighted by atomic mass is 19.1. The van der Waals surface area contributed by atoms with E-state index in [2.05, 4.69) is 31.2 Å². The Labute approximate surface area is 183 Å². The third-order valence-corrected chi connectivity index (χ3v) is 6.54. The summed E-state index contributed by atoms with van der Waals surface area (Å²) in [6, 6.07) is 14.0. The van der Waals surface area contributed by atoms with Crippen molar-refractivity contribution in [2.24, 2.45) is 5.92 Å².